The molecule has 5 N–H and O–H groups in total. The van der Waals surface area contributed by atoms with Crippen molar-refractivity contribution >= 4 is 69.0 Å². The smallest absolute Gasteiger partial charge is 0.309 e. The number of halogens is 4. The number of isocyanates is 1. The summed E-state index contributed by atoms with van der Waals surface area (Å²) >= 11 is 12.1. The molecule has 2 saturated carbocycles. The van der Waals surface area contributed by atoms with Gasteiger partial charge in [0.25, 0.3) is 0 Å². The van der Waals surface area contributed by atoms with Gasteiger partial charge in [0.15, 0.2) is 34.9 Å². The second-order valence-electron chi connectivity index (χ2n) is 14.7. The zero-order valence-electron chi connectivity index (χ0n) is 30.3. The number of H-pyrrole nitrogens is 2. The Labute approximate surface area is 329 Å². The molecule has 2 unspecified atom stereocenters. The third kappa shape index (κ3) is 8.32. The summed E-state index contributed by atoms with van der Waals surface area (Å²) in [5.74, 6) is -1.06. The number of fused-ring (bicyclic) bond motifs is 2. The average Bonchev–Trinajstić information content (AvgIpc) is 3.78. The molecule has 0 aromatic carbocycles. The van der Waals surface area contributed by atoms with Crippen LogP contribution in [0.15, 0.2) is 54.3 Å². The predicted octanol–water partition coefficient (Wildman–Crippen LogP) is 8.52. The number of hydrogen-bond acceptors (Lipinski definition) is 11. The van der Waals surface area contributed by atoms with E-state index in [1.165, 1.54) is 6.20 Å². The number of aromatic nitrogens is 8. The number of rotatable bonds is 8. The molecule has 6 aromatic rings. The largest absolute Gasteiger partial charge is 0.481 e. The van der Waals surface area contributed by atoms with E-state index in [9.17, 15) is 23.5 Å². The molecule has 8 rings (SSSR count). The summed E-state index contributed by atoms with van der Waals surface area (Å²) in [6.45, 7) is 3.64. The van der Waals surface area contributed by atoms with E-state index in [1.54, 1.807) is 43.7 Å². The number of hydrogen-bond donors (Lipinski definition) is 5. The Bertz CT molecular complexity index is 2320. The van der Waals surface area contributed by atoms with Gasteiger partial charge in [-0.05, 0) is 70.9 Å². The molecule has 4 atom stereocenters. The van der Waals surface area contributed by atoms with E-state index in [2.05, 4.69) is 55.5 Å². The lowest BCUT2D eigenvalue weighted by atomic mass is 9.73. The van der Waals surface area contributed by atoms with Gasteiger partial charge in [-0.15, -0.1) is 0 Å². The van der Waals surface area contributed by atoms with Crippen LogP contribution in [0.25, 0.3) is 44.8 Å². The van der Waals surface area contributed by atoms with Crippen molar-refractivity contribution < 1.29 is 23.5 Å². The fourth-order valence-electron chi connectivity index (χ4n) is 7.51. The van der Waals surface area contributed by atoms with Crippen molar-refractivity contribution in [1.82, 2.24) is 39.9 Å². The van der Waals surface area contributed by atoms with Crippen LogP contribution < -0.4 is 10.6 Å². The highest BCUT2D eigenvalue weighted by atomic mass is 35.5. The molecule has 0 spiro atoms. The zero-order chi connectivity index (χ0) is 39.6. The van der Waals surface area contributed by atoms with Crippen molar-refractivity contribution in [3.63, 3.8) is 0 Å². The van der Waals surface area contributed by atoms with Crippen LogP contribution in [0.3, 0.4) is 0 Å². The monoisotopic (exact) mass is 803 g/mol. The second kappa shape index (κ2) is 15.9. The van der Waals surface area contributed by atoms with Crippen molar-refractivity contribution in [3.05, 3.63) is 71.0 Å². The van der Waals surface area contributed by atoms with Crippen LogP contribution >= 0.6 is 23.2 Å². The van der Waals surface area contributed by atoms with Gasteiger partial charge in [0.05, 0.1) is 33.4 Å². The first kappa shape index (κ1) is 38.7. The quantitative estimate of drug-likeness (QED) is 0.0730. The Balaban J connectivity index is 0.000000172. The zero-order valence-corrected chi connectivity index (χ0v) is 31.8. The fourth-order valence-corrected chi connectivity index (χ4v) is 7.83. The summed E-state index contributed by atoms with van der Waals surface area (Å²) < 4.78 is 28.7. The van der Waals surface area contributed by atoms with Crippen LogP contribution in [0.5, 0.6) is 0 Å². The number of aliphatic carboxylic acids is 1. The lowest BCUT2D eigenvalue weighted by Gasteiger charge is -2.35. The molecule has 14 nitrogen and oxygen atoms in total. The summed E-state index contributed by atoms with van der Waals surface area (Å²) in [5, 5.41) is 18.2. The first-order valence-corrected chi connectivity index (χ1v) is 18.8. The van der Waals surface area contributed by atoms with Crippen molar-refractivity contribution in [1.29, 1.82) is 0 Å². The van der Waals surface area contributed by atoms with Crippen LogP contribution in [-0.2, 0) is 9.59 Å². The van der Waals surface area contributed by atoms with Gasteiger partial charge in [-0.3, -0.25) is 4.79 Å². The lowest BCUT2D eigenvalue weighted by Crippen LogP contribution is -2.39. The molecule has 0 aliphatic heterocycles. The van der Waals surface area contributed by atoms with Crippen molar-refractivity contribution in [2.75, 3.05) is 10.6 Å². The summed E-state index contributed by atoms with van der Waals surface area (Å²) in [4.78, 5) is 57.6. The SMILES string of the molecule is C[C@@]1(C(=O)O)CCCC(Nc2nc(-c3c[nH]c4ncc(Cl)cc34)ncc2F)C1.C[C@@]1(N=C=O)CCCC(Nc2nc(-c3c[nH]c4ncc(Cl)cc34)ncc2F)C1. The number of nitrogens with one attached hydrogen (secondary N) is 4. The number of pyridine rings is 2. The number of aromatic amines is 2. The van der Waals surface area contributed by atoms with Gasteiger partial charge in [0.1, 0.15) is 11.3 Å². The maximum Gasteiger partial charge on any atom is 0.309 e. The molecule has 6 heterocycles. The van der Waals surface area contributed by atoms with Gasteiger partial charge in [-0.25, -0.2) is 43.5 Å². The fraction of sp³-hybridized carbons (Fsp3) is 0.368. The molecule has 2 fully saturated rings. The van der Waals surface area contributed by atoms with E-state index in [4.69, 9.17) is 23.2 Å². The molecule has 56 heavy (non-hydrogen) atoms. The number of nitrogens with zero attached hydrogens (tertiary/aromatic N) is 7. The number of carboxylic acids is 1. The van der Waals surface area contributed by atoms with Gasteiger partial charge in [0.2, 0.25) is 6.08 Å². The predicted molar refractivity (Wildman–Crippen MR) is 208 cm³/mol. The van der Waals surface area contributed by atoms with Gasteiger partial charge in [-0.1, -0.05) is 29.6 Å². The molecular weight excluding hydrogens is 767 g/mol. The Morgan fingerprint density at radius 1 is 0.821 bits per heavy atom. The maximum atomic E-state index is 14.4. The van der Waals surface area contributed by atoms with E-state index in [0.717, 1.165) is 55.3 Å². The molecule has 2 aliphatic rings. The van der Waals surface area contributed by atoms with Crippen molar-refractivity contribution in [3.8, 4) is 22.8 Å². The minimum atomic E-state index is -0.828. The van der Waals surface area contributed by atoms with E-state index in [1.807, 2.05) is 6.92 Å². The van der Waals surface area contributed by atoms with Crippen LogP contribution in [0, 0.1) is 17.0 Å². The van der Waals surface area contributed by atoms with E-state index >= 15 is 0 Å². The molecule has 0 saturated heterocycles. The first-order valence-electron chi connectivity index (χ1n) is 18.0. The standard InChI is InChI=1S/C19H18ClFN6O.C19H19ClFN5O2/c1-19(25-10-28)4-2-3-12(6-19)26-18-15(21)9-24-17(27-18)14-8-23-16-13(14)5-11(20)7-22-16;1-19(18(27)28)4-2-3-11(6-19)25-17-14(21)9-24-16(26-17)13-8-23-15-12(13)5-10(20)7-22-15/h5,7-9,12H,2-4,6H2,1H3,(H,22,23)(H,24,26,27);5,7-9,11H,2-4,6H2,1H3,(H,22,23)(H,27,28)(H,24,25,26)/t12?,19-;11?,19-/m11/s1. The summed E-state index contributed by atoms with van der Waals surface area (Å²) in [5.41, 5.74) is 1.33. The topological polar surface area (TPSA) is 200 Å². The Kier molecular flexibility index (Phi) is 11.0. The van der Waals surface area contributed by atoms with E-state index in [0.29, 0.717) is 63.4 Å². The Morgan fingerprint density at radius 3 is 1.82 bits per heavy atom. The van der Waals surface area contributed by atoms with Gasteiger partial charge < -0.3 is 25.7 Å². The third-order valence-corrected chi connectivity index (χ3v) is 10.8. The minimum absolute atomic E-state index is 0.0489. The maximum absolute atomic E-state index is 14.4. The van der Waals surface area contributed by atoms with Crippen molar-refractivity contribution in [2.45, 2.75) is 82.8 Å². The molecule has 6 aromatic heterocycles. The van der Waals surface area contributed by atoms with Crippen LogP contribution in [0.1, 0.15) is 65.2 Å². The second-order valence-corrected chi connectivity index (χ2v) is 15.6. The first-order chi connectivity index (χ1) is 26.8. The van der Waals surface area contributed by atoms with Crippen LogP contribution in [-0.4, -0.2) is 74.7 Å². The summed E-state index contributed by atoms with van der Waals surface area (Å²) in [6.07, 6.45) is 16.1. The molecule has 2 aliphatic carbocycles. The van der Waals surface area contributed by atoms with E-state index < -0.39 is 28.6 Å². The molecule has 0 amide bonds. The van der Waals surface area contributed by atoms with Crippen LogP contribution in [0.4, 0.5) is 20.4 Å². The highest BCUT2D eigenvalue weighted by Gasteiger charge is 2.39. The molecule has 0 radical (unpaired) electrons. The van der Waals surface area contributed by atoms with Crippen molar-refractivity contribution in [2.24, 2.45) is 10.4 Å². The number of carbonyl (C=O) groups is 1. The summed E-state index contributed by atoms with van der Waals surface area (Å²) in [7, 11) is 0. The molecule has 18 heteroatoms. The lowest BCUT2D eigenvalue weighted by molar-refractivity contribution is -0.149. The van der Waals surface area contributed by atoms with Crippen LogP contribution in [0.2, 0.25) is 10.0 Å². The van der Waals surface area contributed by atoms with Gasteiger partial charge >= 0.3 is 5.97 Å². The molecular formula is C38H37Cl2F2N11O3. The number of anilines is 2. The molecule has 290 valence electrons. The van der Waals surface area contributed by atoms with Gasteiger partial charge in [-0.2, -0.15) is 4.99 Å². The highest BCUT2D eigenvalue weighted by Crippen LogP contribution is 2.38. The highest BCUT2D eigenvalue weighted by molar-refractivity contribution is 6.31. The van der Waals surface area contributed by atoms with E-state index in [-0.39, 0.29) is 23.7 Å². The average molecular weight is 805 g/mol. The minimum Gasteiger partial charge on any atom is -0.481 e. The molecule has 0 bridgehead atoms. The third-order valence-electron chi connectivity index (χ3n) is 10.4. The number of aliphatic imine (C=N–C) groups is 1. The summed E-state index contributed by atoms with van der Waals surface area (Å²) in [6, 6.07) is 3.28. The Hall–Kier alpha value is -5.57. The number of carboxylic acid groups (broad SMARTS) is 1. The number of carbonyl (C=O) groups excluding carboxylic acids is 1. The normalized spacial score (nSPS) is 22.2. The Morgan fingerprint density at radius 2 is 1.32 bits per heavy atom. The van der Waals surface area contributed by atoms with Gasteiger partial charge in [0, 0.05) is 58.8 Å².